The van der Waals surface area contributed by atoms with E-state index in [9.17, 15) is 4.79 Å². The van der Waals surface area contributed by atoms with Crippen LogP contribution < -0.4 is 5.32 Å². The van der Waals surface area contributed by atoms with Gasteiger partial charge in [-0.15, -0.1) is 11.3 Å². The van der Waals surface area contributed by atoms with Gasteiger partial charge in [-0.25, -0.2) is 4.98 Å². The summed E-state index contributed by atoms with van der Waals surface area (Å²) in [5.74, 6) is -0.136. The lowest BCUT2D eigenvalue weighted by molar-refractivity contribution is 0.0342. The standard InChI is InChI=1S/C26H32N4O3S/c1-18-14-23(19(2)30(18)16-22-4-3-11-33-22)24-17-34-26(27-24)28-25(31)21-7-5-20(6-8-21)15-29-9-12-32-13-10-29/h5-8,14,17,22H,3-4,9-13,15-16H2,1-2H3,(H,27,28,31)/t22-/m1/s1. The lowest BCUT2D eigenvalue weighted by Crippen LogP contribution is -2.35. The van der Waals surface area contributed by atoms with Crippen LogP contribution in [-0.2, 0) is 22.6 Å². The van der Waals surface area contributed by atoms with E-state index in [0.29, 0.717) is 16.8 Å². The molecule has 0 unspecified atom stereocenters. The Morgan fingerprint density at radius 3 is 2.71 bits per heavy atom. The van der Waals surface area contributed by atoms with Gasteiger partial charge in [-0.2, -0.15) is 0 Å². The molecule has 180 valence electrons. The van der Waals surface area contributed by atoms with Gasteiger partial charge in [0, 0.05) is 60.7 Å². The first-order chi connectivity index (χ1) is 16.6. The molecule has 5 rings (SSSR count). The molecule has 2 saturated heterocycles. The smallest absolute Gasteiger partial charge is 0.257 e. The second-order valence-electron chi connectivity index (χ2n) is 9.11. The Labute approximate surface area is 204 Å². The van der Waals surface area contributed by atoms with Crippen LogP contribution >= 0.6 is 11.3 Å². The maximum absolute atomic E-state index is 12.8. The number of morpholine rings is 1. The zero-order valence-electron chi connectivity index (χ0n) is 19.9. The van der Waals surface area contributed by atoms with Crippen LogP contribution in [0.25, 0.3) is 11.3 Å². The Bertz CT molecular complexity index is 1130. The summed E-state index contributed by atoms with van der Waals surface area (Å²) in [4.78, 5) is 19.9. The SMILES string of the molecule is Cc1cc(-c2csc(NC(=O)c3ccc(CN4CCOCC4)cc3)n2)c(C)n1C[C@H]1CCCO1. The number of carbonyl (C=O) groups is 1. The Morgan fingerprint density at radius 2 is 1.97 bits per heavy atom. The Kier molecular flexibility index (Phi) is 7.10. The van der Waals surface area contributed by atoms with E-state index in [4.69, 9.17) is 14.5 Å². The van der Waals surface area contributed by atoms with E-state index < -0.39 is 0 Å². The van der Waals surface area contributed by atoms with Crippen LogP contribution in [0.5, 0.6) is 0 Å². The third-order valence-electron chi connectivity index (χ3n) is 6.71. The normalized spacial score (nSPS) is 18.9. The summed E-state index contributed by atoms with van der Waals surface area (Å²) in [6.07, 6.45) is 2.55. The molecule has 1 atom stereocenters. The molecule has 1 aromatic carbocycles. The molecule has 4 heterocycles. The fraction of sp³-hybridized carbons (Fsp3) is 0.462. The number of nitrogens with one attached hydrogen (secondary N) is 1. The molecule has 3 aromatic rings. The van der Waals surface area contributed by atoms with E-state index in [1.807, 2.05) is 29.6 Å². The zero-order valence-corrected chi connectivity index (χ0v) is 20.7. The van der Waals surface area contributed by atoms with Gasteiger partial charge in [-0.05, 0) is 50.5 Å². The average Bonchev–Trinajstić information content (AvgIpc) is 3.59. The first-order valence-corrected chi connectivity index (χ1v) is 12.9. The number of benzene rings is 1. The third-order valence-corrected chi connectivity index (χ3v) is 7.47. The van der Waals surface area contributed by atoms with E-state index in [1.165, 1.54) is 28.3 Å². The van der Waals surface area contributed by atoms with Crippen LogP contribution in [0.3, 0.4) is 0 Å². The summed E-state index contributed by atoms with van der Waals surface area (Å²) in [5, 5.41) is 5.59. The van der Waals surface area contributed by atoms with Crippen molar-refractivity contribution in [1.29, 1.82) is 0 Å². The molecular formula is C26H32N4O3S. The molecular weight excluding hydrogens is 448 g/mol. The molecule has 0 radical (unpaired) electrons. The quantitative estimate of drug-likeness (QED) is 0.540. The number of nitrogens with zero attached hydrogens (tertiary/aromatic N) is 3. The summed E-state index contributed by atoms with van der Waals surface area (Å²) >= 11 is 1.46. The molecule has 2 aliphatic heterocycles. The first-order valence-electron chi connectivity index (χ1n) is 12.0. The van der Waals surface area contributed by atoms with Gasteiger partial charge in [-0.1, -0.05) is 12.1 Å². The highest BCUT2D eigenvalue weighted by atomic mass is 32.1. The highest BCUT2D eigenvalue weighted by Gasteiger charge is 2.20. The van der Waals surface area contributed by atoms with Gasteiger partial charge in [-0.3, -0.25) is 15.0 Å². The second kappa shape index (κ2) is 10.4. The summed E-state index contributed by atoms with van der Waals surface area (Å²) in [7, 11) is 0. The number of aryl methyl sites for hydroxylation is 1. The monoisotopic (exact) mass is 480 g/mol. The Morgan fingerprint density at radius 1 is 1.18 bits per heavy atom. The largest absolute Gasteiger partial charge is 0.379 e. The van der Waals surface area contributed by atoms with Gasteiger partial charge in [0.05, 0.1) is 25.0 Å². The van der Waals surface area contributed by atoms with Crippen LogP contribution in [0, 0.1) is 13.8 Å². The van der Waals surface area contributed by atoms with Crippen LogP contribution in [0.15, 0.2) is 35.7 Å². The first kappa shape index (κ1) is 23.2. The van der Waals surface area contributed by atoms with Crippen LogP contribution in [0.2, 0.25) is 0 Å². The Hall–Kier alpha value is -2.52. The van der Waals surface area contributed by atoms with Crippen LogP contribution in [0.1, 0.15) is 40.2 Å². The number of hydrogen-bond acceptors (Lipinski definition) is 6. The molecule has 0 spiro atoms. The minimum Gasteiger partial charge on any atom is -0.379 e. The van der Waals surface area contributed by atoms with E-state index >= 15 is 0 Å². The molecule has 0 bridgehead atoms. The molecule has 1 amide bonds. The fourth-order valence-corrected chi connectivity index (χ4v) is 5.44. The maximum Gasteiger partial charge on any atom is 0.257 e. The molecule has 7 nitrogen and oxygen atoms in total. The van der Waals surface area contributed by atoms with E-state index in [2.05, 4.69) is 34.7 Å². The summed E-state index contributed by atoms with van der Waals surface area (Å²) in [5.41, 5.74) is 6.24. The molecule has 1 N–H and O–H groups in total. The van der Waals surface area contributed by atoms with Crippen molar-refractivity contribution in [1.82, 2.24) is 14.5 Å². The number of amides is 1. The number of rotatable bonds is 7. The minimum absolute atomic E-state index is 0.136. The maximum atomic E-state index is 12.8. The van der Waals surface area contributed by atoms with Gasteiger partial charge in [0.1, 0.15) is 0 Å². The molecule has 2 aromatic heterocycles. The van der Waals surface area contributed by atoms with E-state index in [0.717, 1.165) is 70.1 Å². The van der Waals surface area contributed by atoms with Crippen molar-refractivity contribution in [2.24, 2.45) is 0 Å². The van der Waals surface area contributed by atoms with Crippen LogP contribution in [0.4, 0.5) is 5.13 Å². The van der Waals surface area contributed by atoms with Crippen molar-refractivity contribution in [3.8, 4) is 11.3 Å². The van der Waals surface area contributed by atoms with E-state index in [1.54, 1.807) is 0 Å². The lowest BCUT2D eigenvalue weighted by atomic mass is 10.1. The molecule has 0 saturated carbocycles. The molecule has 8 heteroatoms. The van der Waals surface area contributed by atoms with Gasteiger partial charge >= 0.3 is 0 Å². The van der Waals surface area contributed by atoms with Gasteiger partial charge < -0.3 is 14.0 Å². The van der Waals surface area contributed by atoms with Gasteiger partial charge in [0.15, 0.2) is 5.13 Å². The number of ether oxygens (including phenoxy) is 2. The molecule has 0 aliphatic carbocycles. The average molecular weight is 481 g/mol. The van der Waals surface area contributed by atoms with Crippen LogP contribution in [-0.4, -0.2) is 59.4 Å². The second-order valence-corrected chi connectivity index (χ2v) is 9.97. The highest BCUT2D eigenvalue weighted by molar-refractivity contribution is 7.14. The number of carbonyl (C=O) groups excluding carboxylic acids is 1. The highest BCUT2D eigenvalue weighted by Crippen LogP contribution is 2.31. The van der Waals surface area contributed by atoms with Crippen molar-refractivity contribution in [2.75, 3.05) is 38.2 Å². The third kappa shape index (κ3) is 5.25. The van der Waals surface area contributed by atoms with Crippen molar-refractivity contribution in [2.45, 2.75) is 45.9 Å². The van der Waals surface area contributed by atoms with Gasteiger partial charge in [0.2, 0.25) is 0 Å². The molecule has 34 heavy (non-hydrogen) atoms. The topological polar surface area (TPSA) is 68.6 Å². The van der Waals surface area contributed by atoms with Gasteiger partial charge in [0.25, 0.3) is 5.91 Å². The minimum atomic E-state index is -0.136. The van der Waals surface area contributed by atoms with Crippen molar-refractivity contribution >= 4 is 22.4 Å². The number of aromatic nitrogens is 2. The number of thiazole rings is 1. The zero-order chi connectivity index (χ0) is 23.5. The van der Waals surface area contributed by atoms with Crippen molar-refractivity contribution < 1.29 is 14.3 Å². The summed E-state index contributed by atoms with van der Waals surface area (Å²) in [6, 6.07) is 10.0. The molecule has 2 fully saturated rings. The number of anilines is 1. The number of hydrogen-bond donors (Lipinski definition) is 1. The lowest BCUT2D eigenvalue weighted by Gasteiger charge is -2.26. The predicted molar refractivity (Wildman–Crippen MR) is 134 cm³/mol. The van der Waals surface area contributed by atoms with E-state index in [-0.39, 0.29) is 5.91 Å². The van der Waals surface area contributed by atoms with Crippen molar-refractivity contribution in [3.63, 3.8) is 0 Å². The van der Waals surface area contributed by atoms with Crippen molar-refractivity contribution in [3.05, 3.63) is 58.2 Å². The molecule has 2 aliphatic rings. The predicted octanol–water partition coefficient (Wildman–Crippen LogP) is 4.49. The Balaban J connectivity index is 1.22. The fourth-order valence-electron chi connectivity index (χ4n) is 4.74. The summed E-state index contributed by atoms with van der Waals surface area (Å²) < 4.78 is 13.6. The summed E-state index contributed by atoms with van der Waals surface area (Å²) in [6.45, 7) is 10.4.